The molecular weight excluding hydrogens is 819 g/mol. The Morgan fingerprint density at radius 3 is 2.14 bits per heavy atom. The molecule has 4 N–H and O–H groups in total. The van der Waals surface area contributed by atoms with E-state index in [-0.39, 0.29) is 56.1 Å². The quantitative estimate of drug-likeness (QED) is 0.153. The molecule has 2 saturated heterocycles. The SMILES string of the molecule is CC1(C)CC(=O)N(C[C@@H](NC(=O)N[C@H](C(=O)N2CC(OC(=O)N3CCc4ccccc4C3)C[C@H]2C(=O)NC(CC2CC2)C(=O)C(=O)NC2CC2)C2(C)CCCCC2)C(C)(C)C)C(=O)C1. The van der Waals surface area contributed by atoms with Crippen LogP contribution in [0.5, 0.6) is 0 Å². The minimum Gasteiger partial charge on any atom is -0.444 e. The lowest BCUT2D eigenvalue weighted by atomic mass is 9.70. The number of hydrogen-bond donors (Lipinski definition) is 4. The number of imide groups is 1. The molecule has 350 valence electrons. The van der Waals surface area contributed by atoms with Crippen molar-refractivity contribution in [3.63, 3.8) is 0 Å². The number of nitrogens with zero attached hydrogens (tertiary/aromatic N) is 3. The Labute approximate surface area is 377 Å². The van der Waals surface area contributed by atoms with E-state index in [1.165, 1.54) is 9.80 Å². The maximum atomic E-state index is 15.3. The van der Waals surface area contributed by atoms with Gasteiger partial charge in [-0.3, -0.25) is 33.7 Å². The Hall–Kier alpha value is -5.02. The maximum absolute atomic E-state index is 15.3. The summed E-state index contributed by atoms with van der Waals surface area (Å²) < 4.78 is 6.09. The highest BCUT2D eigenvalue weighted by atomic mass is 16.6. The van der Waals surface area contributed by atoms with Crippen molar-refractivity contribution >= 4 is 47.4 Å². The summed E-state index contributed by atoms with van der Waals surface area (Å²) in [6, 6.07) is 3.11. The Morgan fingerprint density at radius 2 is 1.52 bits per heavy atom. The summed E-state index contributed by atoms with van der Waals surface area (Å²) >= 11 is 0. The number of urea groups is 1. The fraction of sp³-hybridized carbons (Fsp3) is 0.708. The van der Waals surface area contributed by atoms with E-state index in [2.05, 4.69) is 21.3 Å². The van der Waals surface area contributed by atoms with Crippen LogP contribution in [0.4, 0.5) is 9.59 Å². The van der Waals surface area contributed by atoms with Crippen LogP contribution in [0.1, 0.15) is 136 Å². The van der Waals surface area contributed by atoms with Gasteiger partial charge in [-0.25, -0.2) is 9.59 Å². The number of ether oxygens (including phenoxy) is 1. The van der Waals surface area contributed by atoms with Crippen molar-refractivity contribution in [2.75, 3.05) is 19.6 Å². The standard InChI is InChI=1S/C48H69N7O9/c1-46(2,3)36(28-55-37(56)24-47(4,5)25-38(55)57)51-44(62)52-40(48(6)19-10-7-11-20-48)43(61)54-27-33(64-45(63)53-21-18-30-12-8-9-13-31(30)26-53)23-35(54)41(59)50-34(22-29-14-15-29)39(58)42(60)49-32-16-17-32/h8-9,12-13,29,32-36,40H,7,10-11,14-28H2,1-6H3,(H,49,60)(H,50,59)(H2,51,52,62)/t33?,34?,35-,36+,40+/m0/s1. The van der Waals surface area contributed by atoms with Crippen LogP contribution in [-0.4, -0.2) is 118 Å². The average molecular weight is 888 g/mol. The molecule has 6 aliphatic rings. The number of fused-ring (bicyclic) bond motifs is 1. The fourth-order valence-corrected chi connectivity index (χ4v) is 9.88. The van der Waals surface area contributed by atoms with E-state index in [0.29, 0.717) is 38.8 Å². The topological polar surface area (TPSA) is 204 Å². The van der Waals surface area contributed by atoms with Crippen LogP contribution in [-0.2, 0) is 46.5 Å². The highest BCUT2D eigenvalue weighted by Gasteiger charge is 2.50. The van der Waals surface area contributed by atoms with E-state index in [9.17, 15) is 33.6 Å². The van der Waals surface area contributed by atoms with Crippen LogP contribution in [0.15, 0.2) is 24.3 Å². The first-order valence-electron chi connectivity index (χ1n) is 23.6. The van der Waals surface area contributed by atoms with Gasteiger partial charge in [0.2, 0.25) is 29.4 Å². The third-order valence-corrected chi connectivity index (χ3v) is 14.3. The van der Waals surface area contributed by atoms with E-state index >= 15 is 4.79 Å². The first kappa shape index (κ1) is 47.0. The average Bonchev–Trinajstić information content (AvgIpc) is 4.18. The normalized spacial score (nSPS) is 24.4. The molecule has 0 spiro atoms. The van der Waals surface area contributed by atoms with Gasteiger partial charge in [0, 0.05) is 44.9 Å². The van der Waals surface area contributed by atoms with Crippen molar-refractivity contribution in [2.45, 2.75) is 174 Å². The van der Waals surface area contributed by atoms with Crippen molar-refractivity contribution in [3.05, 3.63) is 35.4 Å². The summed E-state index contributed by atoms with van der Waals surface area (Å²) in [5.41, 5.74) is 0.385. The molecule has 3 aliphatic carbocycles. The van der Waals surface area contributed by atoms with Gasteiger partial charge in [0.15, 0.2) is 0 Å². The second-order valence-corrected chi connectivity index (χ2v) is 21.6. The third kappa shape index (κ3) is 11.4. The molecule has 64 heavy (non-hydrogen) atoms. The van der Waals surface area contributed by atoms with Crippen LogP contribution in [0.3, 0.4) is 0 Å². The van der Waals surface area contributed by atoms with Crippen molar-refractivity contribution in [2.24, 2.45) is 22.2 Å². The summed E-state index contributed by atoms with van der Waals surface area (Å²) in [7, 11) is 0. The van der Waals surface area contributed by atoms with Crippen molar-refractivity contribution in [1.82, 2.24) is 36.0 Å². The number of likely N-dealkylation sites (tertiary alicyclic amines) is 2. The second-order valence-electron chi connectivity index (χ2n) is 21.6. The molecular formula is C48H69N7O9. The zero-order valence-corrected chi connectivity index (χ0v) is 38.6. The molecule has 8 amide bonds. The molecule has 1 aromatic carbocycles. The van der Waals surface area contributed by atoms with Gasteiger partial charge in [-0.15, -0.1) is 0 Å². The highest BCUT2D eigenvalue weighted by Crippen LogP contribution is 2.41. The molecule has 16 nitrogen and oxygen atoms in total. The molecule has 7 rings (SSSR count). The Balaban J connectivity index is 1.13. The van der Waals surface area contributed by atoms with Crippen LogP contribution in [0.25, 0.3) is 0 Å². The lowest BCUT2D eigenvalue weighted by Gasteiger charge is -2.43. The Morgan fingerprint density at radius 1 is 0.859 bits per heavy atom. The van der Waals surface area contributed by atoms with Crippen molar-refractivity contribution < 1.29 is 43.1 Å². The predicted molar refractivity (Wildman–Crippen MR) is 236 cm³/mol. The predicted octanol–water partition coefficient (Wildman–Crippen LogP) is 4.51. The number of carbonyl (C=O) groups excluding carboxylic acids is 8. The maximum Gasteiger partial charge on any atom is 0.410 e. The van der Waals surface area contributed by atoms with Gasteiger partial charge >= 0.3 is 12.1 Å². The van der Waals surface area contributed by atoms with Gasteiger partial charge in [-0.05, 0) is 71.8 Å². The van der Waals surface area contributed by atoms with Gasteiger partial charge in [0.05, 0.1) is 18.6 Å². The molecule has 5 atom stereocenters. The molecule has 0 bridgehead atoms. The number of nitrogens with one attached hydrogen (secondary N) is 4. The molecule has 2 unspecified atom stereocenters. The number of rotatable bonds is 14. The van der Waals surface area contributed by atoms with E-state index in [1.54, 1.807) is 4.90 Å². The summed E-state index contributed by atoms with van der Waals surface area (Å²) in [6.45, 7) is 12.1. The first-order chi connectivity index (χ1) is 30.2. The van der Waals surface area contributed by atoms with E-state index in [0.717, 1.165) is 56.1 Å². The summed E-state index contributed by atoms with van der Waals surface area (Å²) in [5.74, 6) is -3.06. The molecule has 3 heterocycles. The number of piperidine rings is 1. The third-order valence-electron chi connectivity index (χ3n) is 14.3. The lowest BCUT2D eigenvalue weighted by molar-refractivity contribution is -0.153. The number of amides is 8. The summed E-state index contributed by atoms with van der Waals surface area (Å²) in [6.07, 6.45) is 7.03. The van der Waals surface area contributed by atoms with Gasteiger partial charge in [0.1, 0.15) is 18.2 Å². The fourth-order valence-electron chi connectivity index (χ4n) is 9.88. The molecule has 5 fully saturated rings. The summed E-state index contributed by atoms with van der Waals surface area (Å²) in [5, 5.41) is 11.6. The molecule has 0 radical (unpaired) electrons. The summed E-state index contributed by atoms with van der Waals surface area (Å²) in [4.78, 5) is 115. The molecule has 3 aliphatic heterocycles. The van der Waals surface area contributed by atoms with Crippen LogP contribution in [0.2, 0.25) is 0 Å². The van der Waals surface area contributed by atoms with Crippen LogP contribution < -0.4 is 21.3 Å². The largest absolute Gasteiger partial charge is 0.444 e. The number of ketones is 1. The van der Waals surface area contributed by atoms with Gasteiger partial charge in [-0.2, -0.15) is 0 Å². The smallest absolute Gasteiger partial charge is 0.410 e. The number of hydrogen-bond acceptors (Lipinski definition) is 9. The zero-order valence-electron chi connectivity index (χ0n) is 38.6. The first-order valence-corrected chi connectivity index (χ1v) is 23.6. The molecule has 16 heteroatoms. The molecule has 1 aromatic rings. The minimum atomic E-state index is -1.18. The van der Waals surface area contributed by atoms with Crippen LogP contribution >= 0.6 is 0 Å². The number of benzene rings is 1. The molecule has 3 saturated carbocycles. The van der Waals surface area contributed by atoms with Gasteiger partial charge < -0.3 is 35.8 Å². The second kappa shape index (κ2) is 18.8. The Bertz CT molecular complexity index is 1980. The monoisotopic (exact) mass is 888 g/mol. The van der Waals surface area contributed by atoms with E-state index in [1.807, 2.05) is 65.8 Å². The Kier molecular flexibility index (Phi) is 13.8. The van der Waals surface area contributed by atoms with Gasteiger partial charge in [-0.1, -0.05) is 97.9 Å². The van der Waals surface area contributed by atoms with Gasteiger partial charge in [0.25, 0.3) is 5.91 Å². The highest BCUT2D eigenvalue weighted by molar-refractivity contribution is 6.38. The number of carbonyl (C=O) groups is 8. The van der Waals surface area contributed by atoms with E-state index in [4.69, 9.17) is 4.74 Å². The zero-order chi connectivity index (χ0) is 46.1. The van der Waals surface area contributed by atoms with Crippen molar-refractivity contribution in [1.29, 1.82) is 0 Å². The van der Waals surface area contributed by atoms with E-state index < -0.39 is 82.1 Å². The molecule has 0 aromatic heterocycles. The lowest BCUT2D eigenvalue weighted by Crippen LogP contribution is -2.63. The van der Waals surface area contributed by atoms with Crippen molar-refractivity contribution in [3.8, 4) is 0 Å². The minimum absolute atomic E-state index is 0.0377. The van der Waals surface area contributed by atoms with Crippen LogP contribution in [0, 0.1) is 22.2 Å². The number of Topliss-reactive ketones (excluding diaryl/α,β-unsaturated/α-hetero) is 1.